The summed E-state index contributed by atoms with van der Waals surface area (Å²) in [6.45, 7) is 3.19. The van der Waals surface area contributed by atoms with Gasteiger partial charge < -0.3 is 10.0 Å². The van der Waals surface area contributed by atoms with Crippen LogP contribution in [0.1, 0.15) is 22.2 Å². The van der Waals surface area contributed by atoms with Crippen LogP contribution in [0.15, 0.2) is 18.2 Å². The number of benzene rings is 1. The minimum atomic E-state index is -1.06. The van der Waals surface area contributed by atoms with Crippen molar-refractivity contribution in [3.05, 3.63) is 34.5 Å². The van der Waals surface area contributed by atoms with Gasteiger partial charge in [0.2, 0.25) is 0 Å². The largest absolute Gasteiger partial charge is 0.480 e. The number of carboxylic acid groups (broad SMARTS) is 1. The van der Waals surface area contributed by atoms with E-state index in [4.69, 9.17) is 5.11 Å². The first-order valence-corrected chi connectivity index (χ1v) is 6.83. The minimum Gasteiger partial charge on any atom is -0.480 e. The highest BCUT2D eigenvalue weighted by Gasteiger charge is 2.25. The minimum absolute atomic E-state index is 0.357. The molecule has 0 aliphatic carbocycles. The molecule has 106 valence electrons. The number of amides is 1. The predicted molar refractivity (Wildman–Crippen MR) is 75.7 cm³/mol. The topological polar surface area (TPSA) is 57.6 Å². The zero-order chi connectivity index (χ0) is 15.0. The lowest BCUT2D eigenvalue weighted by molar-refractivity contribution is -0.141. The van der Waals surface area contributed by atoms with Crippen LogP contribution in [-0.4, -0.2) is 35.0 Å². The Morgan fingerprint density at radius 2 is 2.05 bits per heavy atom. The number of carbonyl (C=O) groups is 2. The molecular formula is C14H14FNO3S. The summed E-state index contributed by atoms with van der Waals surface area (Å²) >= 11 is 1.25. The number of fused-ring (bicyclic) bond motifs is 1. The normalized spacial score (nSPS) is 12.4. The quantitative estimate of drug-likeness (QED) is 0.947. The van der Waals surface area contributed by atoms with Gasteiger partial charge in [-0.15, -0.1) is 11.3 Å². The van der Waals surface area contributed by atoms with Gasteiger partial charge in [-0.25, -0.2) is 9.18 Å². The summed E-state index contributed by atoms with van der Waals surface area (Å²) in [4.78, 5) is 24.9. The molecule has 1 aromatic heterocycles. The van der Waals surface area contributed by atoms with Gasteiger partial charge in [0.25, 0.3) is 5.91 Å². The summed E-state index contributed by atoms with van der Waals surface area (Å²) in [5, 5.41) is 9.64. The van der Waals surface area contributed by atoms with Gasteiger partial charge in [-0.3, -0.25) is 4.79 Å². The van der Waals surface area contributed by atoms with Gasteiger partial charge in [0.1, 0.15) is 11.9 Å². The van der Waals surface area contributed by atoms with Gasteiger partial charge in [0.15, 0.2) is 0 Å². The fraction of sp³-hybridized carbons (Fsp3) is 0.286. The van der Waals surface area contributed by atoms with E-state index in [-0.39, 0.29) is 11.7 Å². The molecule has 1 aromatic carbocycles. The van der Waals surface area contributed by atoms with Crippen molar-refractivity contribution >= 4 is 33.3 Å². The van der Waals surface area contributed by atoms with E-state index in [9.17, 15) is 14.0 Å². The van der Waals surface area contributed by atoms with E-state index in [0.717, 1.165) is 4.70 Å². The van der Waals surface area contributed by atoms with Crippen LogP contribution in [0.5, 0.6) is 0 Å². The zero-order valence-electron chi connectivity index (χ0n) is 11.3. The van der Waals surface area contributed by atoms with Gasteiger partial charge in [0, 0.05) is 11.7 Å². The third-order valence-corrected chi connectivity index (χ3v) is 4.61. The number of carboxylic acids is 1. The Labute approximate surface area is 119 Å². The summed E-state index contributed by atoms with van der Waals surface area (Å²) in [7, 11) is 1.45. The molecule has 1 atom stereocenters. The molecule has 20 heavy (non-hydrogen) atoms. The lowest BCUT2D eigenvalue weighted by Crippen LogP contribution is -2.40. The lowest BCUT2D eigenvalue weighted by atomic mass is 10.1. The first-order valence-electron chi connectivity index (χ1n) is 6.01. The maximum Gasteiger partial charge on any atom is 0.326 e. The Bertz CT molecular complexity index is 695. The van der Waals surface area contributed by atoms with Crippen LogP contribution in [0.4, 0.5) is 4.39 Å². The summed E-state index contributed by atoms with van der Waals surface area (Å²) in [6, 6.07) is 3.44. The Morgan fingerprint density at radius 3 is 2.65 bits per heavy atom. The molecule has 1 N–H and O–H groups in total. The Morgan fingerprint density at radius 1 is 1.40 bits per heavy atom. The summed E-state index contributed by atoms with van der Waals surface area (Å²) in [5.41, 5.74) is 0.680. The van der Waals surface area contributed by atoms with E-state index in [1.54, 1.807) is 13.0 Å². The van der Waals surface area contributed by atoms with Crippen LogP contribution < -0.4 is 0 Å². The molecule has 0 radical (unpaired) electrons. The molecule has 0 aliphatic rings. The van der Waals surface area contributed by atoms with Gasteiger partial charge in [-0.2, -0.15) is 0 Å². The maximum absolute atomic E-state index is 13.3. The number of thiophene rings is 1. The summed E-state index contributed by atoms with van der Waals surface area (Å²) in [6.07, 6.45) is 0. The molecule has 0 bridgehead atoms. The van der Waals surface area contributed by atoms with Crippen molar-refractivity contribution in [2.24, 2.45) is 0 Å². The van der Waals surface area contributed by atoms with Crippen molar-refractivity contribution in [3.63, 3.8) is 0 Å². The number of hydrogen-bond acceptors (Lipinski definition) is 3. The van der Waals surface area contributed by atoms with Gasteiger partial charge >= 0.3 is 5.97 Å². The molecule has 1 amide bonds. The highest BCUT2D eigenvalue weighted by Crippen LogP contribution is 2.32. The van der Waals surface area contributed by atoms with Crippen LogP contribution in [-0.2, 0) is 4.79 Å². The van der Waals surface area contributed by atoms with Gasteiger partial charge in [0.05, 0.1) is 4.88 Å². The van der Waals surface area contributed by atoms with Crippen LogP contribution >= 0.6 is 11.3 Å². The second-order valence-corrected chi connectivity index (χ2v) is 5.68. The van der Waals surface area contributed by atoms with E-state index in [2.05, 4.69) is 0 Å². The molecule has 4 nitrogen and oxygen atoms in total. The monoisotopic (exact) mass is 295 g/mol. The summed E-state index contributed by atoms with van der Waals surface area (Å²) in [5.74, 6) is -1.78. The number of hydrogen-bond donors (Lipinski definition) is 1. The number of halogens is 1. The Balaban J connectivity index is 2.45. The smallest absolute Gasteiger partial charge is 0.326 e. The lowest BCUT2D eigenvalue weighted by Gasteiger charge is -2.21. The Kier molecular flexibility index (Phi) is 3.76. The number of aryl methyl sites for hydroxylation is 1. The molecular weight excluding hydrogens is 281 g/mol. The molecule has 0 fully saturated rings. The van der Waals surface area contributed by atoms with Crippen molar-refractivity contribution < 1.29 is 19.1 Å². The highest BCUT2D eigenvalue weighted by atomic mass is 32.1. The third-order valence-electron chi connectivity index (χ3n) is 3.35. The zero-order valence-corrected chi connectivity index (χ0v) is 12.1. The molecule has 0 aliphatic heterocycles. The molecule has 0 spiro atoms. The number of likely N-dealkylation sites (N-methyl/N-ethyl adjacent to an activating group) is 1. The van der Waals surface area contributed by atoms with E-state index >= 15 is 0 Å². The van der Waals surface area contributed by atoms with Gasteiger partial charge in [-0.05, 0) is 43.0 Å². The van der Waals surface area contributed by atoms with Crippen LogP contribution in [0, 0.1) is 12.7 Å². The first kappa shape index (κ1) is 14.5. The number of carbonyl (C=O) groups excluding carboxylic acids is 1. The van der Waals surface area contributed by atoms with Crippen LogP contribution in [0.2, 0.25) is 0 Å². The molecule has 1 heterocycles. The molecule has 2 rings (SSSR count). The standard InChI is InChI=1S/C14H14FNO3S/c1-7-10-6-9(15)4-5-11(10)20-12(7)13(17)16(3)8(2)14(18)19/h4-6,8H,1-3H3,(H,18,19). The molecule has 0 saturated heterocycles. The number of aliphatic carboxylic acids is 1. The fourth-order valence-electron chi connectivity index (χ4n) is 1.90. The van der Waals surface area contributed by atoms with Crippen LogP contribution in [0.25, 0.3) is 10.1 Å². The van der Waals surface area contributed by atoms with Crippen molar-refractivity contribution in [1.82, 2.24) is 4.90 Å². The van der Waals surface area contributed by atoms with E-state index in [1.165, 1.54) is 42.3 Å². The average molecular weight is 295 g/mol. The van der Waals surface area contributed by atoms with Crippen molar-refractivity contribution in [1.29, 1.82) is 0 Å². The van der Waals surface area contributed by atoms with Crippen molar-refractivity contribution in [2.45, 2.75) is 19.9 Å². The third kappa shape index (κ3) is 2.38. The van der Waals surface area contributed by atoms with E-state index < -0.39 is 12.0 Å². The average Bonchev–Trinajstić information content (AvgIpc) is 2.73. The molecule has 2 aromatic rings. The predicted octanol–water partition coefficient (Wildman–Crippen LogP) is 2.89. The molecule has 6 heteroatoms. The fourth-order valence-corrected chi connectivity index (χ4v) is 3.07. The van der Waals surface area contributed by atoms with E-state index in [0.29, 0.717) is 15.8 Å². The Hall–Kier alpha value is -1.95. The highest BCUT2D eigenvalue weighted by molar-refractivity contribution is 7.21. The number of nitrogens with zero attached hydrogens (tertiary/aromatic N) is 1. The maximum atomic E-state index is 13.3. The first-order chi connectivity index (χ1) is 9.32. The second kappa shape index (κ2) is 5.20. The van der Waals surface area contributed by atoms with E-state index in [1.807, 2.05) is 0 Å². The van der Waals surface area contributed by atoms with Crippen LogP contribution in [0.3, 0.4) is 0 Å². The SMILES string of the molecule is Cc1c(C(=O)N(C)C(C)C(=O)O)sc2ccc(F)cc12. The molecule has 0 saturated carbocycles. The molecule has 1 unspecified atom stereocenters. The summed E-state index contributed by atoms with van der Waals surface area (Å²) < 4.78 is 14.1. The van der Waals surface area contributed by atoms with Gasteiger partial charge in [-0.1, -0.05) is 0 Å². The van der Waals surface area contributed by atoms with Crippen molar-refractivity contribution in [3.8, 4) is 0 Å². The second-order valence-electron chi connectivity index (χ2n) is 4.63. The van der Waals surface area contributed by atoms with Crippen molar-refractivity contribution in [2.75, 3.05) is 7.05 Å². The number of rotatable bonds is 3.